The monoisotopic (exact) mass is 569 g/mol. The van der Waals surface area contributed by atoms with Crippen molar-refractivity contribution in [1.29, 1.82) is 5.26 Å². The van der Waals surface area contributed by atoms with Gasteiger partial charge >= 0.3 is 5.97 Å². The Kier molecular flexibility index (Phi) is 8.28. The number of carbonyl (C=O) groups is 1. The molecule has 3 aromatic carbocycles. The van der Waals surface area contributed by atoms with E-state index in [4.69, 9.17) is 24.2 Å². The number of carbonyl (C=O) groups excluding carboxylic acids is 1. The molecule has 3 aliphatic rings. The van der Waals surface area contributed by atoms with Crippen LogP contribution in [0.1, 0.15) is 84.3 Å². The SMILES string of the molecule is CCC1(COCCCCOc2ccc(C(=O)Oc3ccc(-c4ccc(C#N)c(F)c4)c4c3C3CCC4C3)cc2)COC1. The van der Waals surface area contributed by atoms with Gasteiger partial charge in [-0.3, -0.25) is 0 Å². The van der Waals surface area contributed by atoms with Crippen LogP contribution in [-0.2, 0) is 9.47 Å². The van der Waals surface area contributed by atoms with Crippen LogP contribution < -0.4 is 9.47 Å². The van der Waals surface area contributed by atoms with Crippen LogP contribution in [0.5, 0.6) is 11.5 Å². The van der Waals surface area contributed by atoms with Crippen LogP contribution in [0.15, 0.2) is 54.6 Å². The van der Waals surface area contributed by atoms with Crippen molar-refractivity contribution in [2.24, 2.45) is 5.41 Å². The van der Waals surface area contributed by atoms with Crippen LogP contribution >= 0.6 is 0 Å². The van der Waals surface area contributed by atoms with Gasteiger partial charge in [0.25, 0.3) is 0 Å². The zero-order chi connectivity index (χ0) is 29.1. The van der Waals surface area contributed by atoms with Crippen molar-refractivity contribution >= 4 is 5.97 Å². The Labute approximate surface area is 246 Å². The van der Waals surface area contributed by atoms with E-state index in [1.807, 2.05) is 18.2 Å². The van der Waals surface area contributed by atoms with E-state index in [2.05, 4.69) is 6.92 Å². The van der Waals surface area contributed by atoms with E-state index in [1.54, 1.807) is 30.3 Å². The molecule has 7 heteroatoms. The van der Waals surface area contributed by atoms with Gasteiger partial charge in [0.2, 0.25) is 0 Å². The molecule has 2 atom stereocenters. The number of benzene rings is 3. The Hall–Kier alpha value is -3.73. The third kappa shape index (κ3) is 5.66. The molecule has 6 nitrogen and oxygen atoms in total. The van der Waals surface area contributed by atoms with Crippen LogP contribution in [0.25, 0.3) is 11.1 Å². The molecule has 2 bridgehead atoms. The minimum atomic E-state index is -0.524. The van der Waals surface area contributed by atoms with E-state index in [0.29, 0.717) is 42.1 Å². The number of hydrogen-bond acceptors (Lipinski definition) is 6. The maximum Gasteiger partial charge on any atom is 0.343 e. The number of unbranched alkanes of at least 4 members (excludes halogenated alkanes) is 1. The summed E-state index contributed by atoms with van der Waals surface area (Å²) in [6, 6.07) is 17.4. The first-order valence-electron chi connectivity index (χ1n) is 15.0. The van der Waals surface area contributed by atoms with Gasteiger partial charge in [0.1, 0.15) is 23.4 Å². The van der Waals surface area contributed by atoms with Crippen molar-refractivity contribution in [3.63, 3.8) is 0 Å². The predicted octanol–water partition coefficient (Wildman–Crippen LogP) is 7.55. The van der Waals surface area contributed by atoms with Crippen molar-refractivity contribution in [2.45, 2.75) is 57.3 Å². The molecule has 42 heavy (non-hydrogen) atoms. The summed E-state index contributed by atoms with van der Waals surface area (Å²) < 4.78 is 37.4. The summed E-state index contributed by atoms with van der Waals surface area (Å²) in [5, 5.41) is 9.11. The van der Waals surface area contributed by atoms with E-state index in [0.717, 1.165) is 80.6 Å². The Morgan fingerprint density at radius 1 is 1.02 bits per heavy atom. The van der Waals surface area contributed by atoms with Crippen molar-refractivity contribution in [3.8, 4) is 28.7 Å². The number of ether oxygens (including phenoxy) is 4. The number of nitrogens with zero attached hydrogens (tertiary/aromatic N) is 1. The smallest absolute Gasteiger partial charge is 0.343 e. The van der Waals surface area contributed by atoms with Crippen LogP contribution in [-0.4, -0.2) is 39.0 Å². The molecule has 0 aromatic heterocycles. The summed E-state index contributed by atoms with van der Waals surface area (Å²) in [5.41, 5.74) is 4.61. The second-order valence-corrected chi connectivity index (χ2v) is 11.8. The number of hydrogen-bond donors (Lipinski definition) is 0. The molecule has 0 N–H and O–H groups in total. The molecule has 0 amide bonds. The lowest BCUT2D eigenvalue weighted by Gasteiger charge is -2.40. The molecular formula is C35H36FNO5. The standard InChI is InChI=1S/C35H36FNO5/c1-2-35(21-40-22-35)20-39-15-3-4-16-41-28-11-9-23(10-12-28)34(38)42-31-14-13-29(24-5-8-27(19-37)30(36)18-24)32-25-6-7-26(17-25)33(31)32/h5,8-14,18,25-26H,2-4,6-7,15-17,20-22H2,1H3. The number of nitriles is 1. The highest BCUT2D eigenvalue weighted by molar-refractivity contribution is 5.91. The topological polar surface area (TPSA) is 77.8 Å². The van der Waals surface area contributed by atoms with Gasteiger partial charge in [-0.15, -0.1) is 0 Å². The van der Waals surface area contributed by atoms with Crippen LogP contribution in [0, 0.1) is 22.6 Å². The minimum absolute atomic E-state index is 0.0316. The Bertz CT molecular complexity index is 1480. The molecule has 1 aliphatic heterocycles. The maximum absolute atomic E-state index is 14.4. The summed E-state index contributed by atoms with van der Waals surface area (Å²) in [4.78, 5) is 13.1. The number of rotatable bonds is 12. The van der Waals surface area contributed by atoms with Crippen molar-refractivity contribution in [1.82, 2.24) is 0 Å². The highest BCUT2D eigenvalue weighted by atomic mass is 19.1. The Morgan fingerprint density at radius 3 is 2.48 bits per heavy atom. The van der Waals surface area contributed by atoms with E-state index in [9.17, 15) is 9.18 Å². The van der Waals surface area contributed by atoms with Gasteiger partial charge in [0.05, 0.1) is 37.6 Å². The van der Waals surface area contributed by atoms with Crippen LogP contribution in [0.3, 0.4) is 0 Å². The van der Waals surface area contributed by atoms with E-state index < -0.39 is 11.8 Å². The summed E-state index contributed by atoms with van der Waals surface area (Å²) >= 11 is 0. The second kappa shape index (κ2) is 12.2. The number of esters is 1. The van der Waals surface area contributed by atoms with E-state index >= 15 is 0 Å². The van der Waals surface area contributed by atoms with Crippen LogP contribution in [0.2, 0.25) is 0 Å². The predicted molar refractivity (Wildman–Crippen MR) is 156 cm³/mol. The molecule has 3 aromatic rings. The van der Waals surface area contributed by atoms with Gasteiger partial charge in [-0.05, 0) is 110 Å². The van der Waals surface area contributed by atoms with Gasteiger partial charge < -0.3 is 18.9 Å². The zero-order valence-corrected chi connectivity index (χ0v) is 24.0. The fraction of sp³-hybridized carbons (Fsp3) is 0.429. The Morgan fingerprint density at radius 2 is 1.79 bits per heavy atom. The molecular weight excluding hydrogens is 533 g/mol. The van der Waals surface area contributed by atoms with E-state index in [-0.39, 0.29) is 11.0 Å². The third-order valence-electron chi connectivity index (χ3n) is 9.12. The van der Waals surface area contributed by atoms with Gasteiger partial charge in [0, 0.05) is 17.6 Å². The quantitative estimate of drug-likeness (QED) is 0.127. The van der Waals surface area contributed by atoms with Gasteiger partial charge in [-0.2, -0.15) is 5.26 Å². The largest absolute Gasteiger partial charge is 0.494 e. The first-order valence-corrected chi connectivity index (χ1v) is 15.0. The maximum atomic E-state index is 14.4. The Balaban J connectivity index is 1.05. The summed E-state index contributed by atoms with van der Waals surface area (Å²) in [5.74, 6) is 1.05. The number of fused-ring (bicyclic) bond motifs is 5. The average molecular weight is 570 g/mol. The van der Waals surface area contributed by atoms with Crippen LogP contribution in [0.4, 0.5) is 4.39 Å². The molecule has 0 radical (unpaired) electrons. The van der Waals surface area contributed by atoms with Crippen molar-refractivity contribution in [2.75, 3.05) is 33.0 Å². The molecule has 2 unspecified atom stereocenters. The molecule has 2 aliphatic carbocycles. The van der Waals surface area contributed by atoms with Crippen molar-refractivity contribution in [3.05, 3.63) is 82.7 Å². The fourth-order valence-corrected chi connectivity index (χ4v) is 6.51. The lowest BCUT2D eigenvalue weighted by Crippen LogP contribution is -2.45. The second-order valence-electron chi connectivity index (χ2n) is 11.8. The molecule has 6 rings (SSSR count). The lowest BCUT2D eigenvalue weighted by molar-refractivity contribution is -0.150. The first kappa shape index (κ1) is 28.4. The van der Waals surface area contributed by atoms with Crippen molar-refractivity contribution < 1.29 is 28.1 Å². The molecule has 1 saturated carbocycles. The van der Waals surface area contributed by atoms with Gasteiger partial charge in [-0.25, -0.2) is 9.18 Å². The third-order valence-corrected chi connectivity index (χ3v) is 9.12. The lowest BCUT2D eigenvalue weighted by atomic mass is 9.84. The summed E-state index contributed by atoms with van der Waals surface area (Å²) in [7, 11) is 0. The zero-order valence-electron chi connectivity index (χ0n) is 24.0. The van der Waals surface area contributed by atoms with Gasteiger partial charge in [0.15, 0.2) is 0 Å². The number of halogens is 1. The highest BCUT2D eigenvalue weighted by Gasteiger charge is 2.41. The summed E-state index contributed by atoms with van der Waals surface area (Å²) in [6.07, 6.45) is 6.04. The minimum Gasteiger partial charge on any atom is -0.494 e. The molecule has 2 fully saturated rings. The highest BCUT2D eigenvalue weighted by Crippen LogP contribution is 2.58. The fourth-order valence-electron chi connectivity index (χ4n) is 6.51. The molecule has 218 valence electrons. The molecule has 1 saturated heterocycles. The van der Waals surface area contributed by atoms with E-state index in [1.165, 1.54) is 12.1 Å². The average Bonchev–Trinajstić information content (AvgIpc) is 3.62. The normalized spacial score (nSPS) is 19.5. The van der Waals surface area contributed by atoms with Gasteiger partial charge in [-0.1, -0.05) is 19.1 Å². The molecule has 0 spiro atoms. The summed E-state index contributed by atoms with van der Waals surface area (Å²) in [6.45, 7) is 5.84. The molecule has 1 heterocycles. The first-order chi connectivity index (χ1) is 20.5.